The van der Waals surface area contributed by atoms with Crippen LogP contribution in [-0.4, -0.2) is 53.6 Å². The molecule has 3 atom stereocenters. The number of aliphatic hydroxyl groups excluding tert-OH is 1. The zero-order valence-electron chi connectivity index (χ0n) is 10.5. The molecule has 2 unspecified atom stereocenters. The number of nitrogens with one attached hydrogen (secondary N) is 1. The molecule has 0 aromatic rings. The summed E-state index contributed by atoms with van der Waals surface area (Å²) in [6.45, 7) is 3.88. The van der Waals surface area contributed by atoms with E-state index in [0.29, 0.717) is 0 Å². The lowest BCUT2D eigenvalue weighted by atomic mass is 10.0. The first-order chi connectivity index (χ1) is 7.88. The highest BCUT2D eigenvalue weighted by molar-refractivity contribution is 5.90. The second kappa shape index (κ2) is 5.46. The fourth-order valence-corrected chi connectivity index (χ4v) is 1.95. The number of likely N-dealkylation sites (tertiary alicyclic amines) is 1. The number of amides is 2. The standard InChI is InChI=1S/C11H21N3O3/c1-6(2)9(12)11(17)14-5-7(15)4-8(14)10(16)13-3/h6-9,15H,4-5,12H2,1-3H3,(H,13,16)/t7?,8?,9-/m0/s1. The van der Waals surface area contributed by atoms with Gasteiger partial charge in [0.1, 0.15) is 6.04 Å². The second-order valence-electron chi connectivity index (χ2n) is 4.78. The normalized spacial score (nSPS) is 26.1. The molecule has 1 aliphatic heterocycles. The van der Waals surface area contributed by atoms with E-state index in [0.717, 1.165) is 0 Å². The molecule has 0 spiro atoms. The van der Waals surface area contributed by atoms with Crippen LogP contribution in [0, 0.1) is 5.92 Å². The molecule has 2 amide bonds. The lowest BCUT2D eigenvalue weighted by Crippen LogP contribution is -2.52. The van der Waals surface area contributed by atoms with Crippen LogP contribution in [0.1, 0.15) is 20.3 Å². The fourth-order valence-electron chi connectivity index (χ4n) is 1.95. The van der Waals surface area contributed by atoms with Crippen molar-refractivity contribution < 1.29 is 14.7 Å². The maximum Gasteiger partial charge on any atom is 0.242 e. The molecular formula is C11H21N3O3. The first-order valence-electron chi connectivity index (χ1n) is 5.84. The summed E-state index contributed by atoms with van der Waals surface area (Å²) in [5.74, 6) is -0.526. The van der Waals surface area contributed by atoms with Gasteiger partial charge in [0.25, 0.3) is 0 Å². The highest BCUT2D eigenvalue weighted by Crippen LogP contribution is 2.20. The van der Waals surface area contributed by atoms with E-state index < -0.39 is 18.2 Å². The zero-order chi connectivity index (χ0) is 13.2. The Kier molecular flexibility index (Phi) is 4.47. The van der Waals surface area contributed by atoms with Crippen molar-refractivity contribution in [2.45, 2.75) is 38.5 Å². The average molecular weight is 243 g/mol. The van der Waals surface area contributed by atoms with Crippen molar-refractivity contribution >= 4 is 11.8 Å². The second-order valence-corrected chi connectivity index (χ2v) is 4.78. The predicted molar refractivity (Wildman–Crippen MR) is 63.0 cm³/mol. The van der Waals surface area contributed by atoms with Gasteiger partial charge in [-0.1, -0.05) is 13.8 Å². The van der Waals surface area contributed by atoms with E-state index in [2.05, 4.69) is 5.32 Å². The lowest BCUT2D eigenvalue weighted by molar-refractivity contribution is -0.140. The molecule has 0 bridgehead atoms. The highest BCUT2D eigenvalue weighted by atomic mass is 16.3. The van der Waals surface area contributed by atoms with Crippen molar-refractivity contribution in [3.63, 3.8) is 0 Å². The van der Waals surface area contributed by atoms with Gasteiger partial charge >= 0.3 is 0 Å². The van der Waals surface area contributed by atoms with E-state index in [9.17, 15) is 14.7 Å². The topological polar surface area (TPSA) is 95.7 Å². The predicted octanol–water partition coefficient (Wildman–Crippen LogP) is -1.32. The number of carbonyl (C=O) groups excluding carboxylic acids is 2. The van der Waals surface area contributed by atoms with Gasteiger partial charge in [0.15, 0.2) is 0 Å². The molecule has 17 heavy (non-hydrogen) atoms. The van der Waals surface area contributed by atoms with Crippen molar-refractivity contribution in [3.05, 3.63) is 0 Å². The summed E-state index contributed by atoms with van der Waals surface area (Å²) >= 11 is 0. The van der Waals surface area contributed by atoms with Crippen molar-refractivity contribution in [2.24, 2.45) is 11.7 Å². The number of nitrogens with zero attached hydrogens (tertiary/aromatic N) is 1. The Balaban J connectivity index is 2.80. The summed E-state index contributed by atoms with van der Waals surface area (Å²) < 4.78 is 0. The Morgan fingerprint density at radius 2 is 2.06 bits per heavy atom. The van der Waals surface area contributed by atoms with Crippen LogP contribution in [0.15, 0.2) is 0 Å². The van der Waals surface area contributed by atoms with E-state index in [1.54, 1.807) is 0 Å². The number of carbonyl (C=O) groups is 2. The van der Waals surface area contributed by atoms with Crippen LogP contribution in [0.5, 0.6) is 0 Å². The van der Waals surface area contributed by atoms with Gasteiger partial charge in [-0.05, 0) is 5.92 Å². The molecule has 1 rings (SSSR count). The molecule has 0 aliphatic carbocycles. The Hall–Kier alpha value is -1.14. The van der Waals surface area contributed by atoms with Crippen molar-refractivity contribution in [1.82, 2.24) is 10.2 Å². The van der Waals surface area contributed by atoms with Crippen LogP contribution in [0.4, 0.5) is 0 Å². The third kappa shape index (κ3) is 2.95. The summed E-state index contributed by atoms with van der Waals surface area (Å²) in [4.78, 5) is 25.1. The molecule has 0 aromatic carbocycles. The van der Waals surface area contributed by atoms with Crippen molar-refractivity contribution in [1.29, 1.82) is 0 Å². The Bertz CT molecular complexity index is 306. The first-order valence-corrected chi connectivity index (χ1v) is 5.84. The van der Waals surface area contributed by atoms with Gasteiger partial charge in [-0.3, -0.25) is 9.59 Å². The summed E-state index contributed by atoms with van der Waals surface area (Å²) in [7, 11) is 1.51. The average Bonchev–Trinajstić information content (AvgIpc) is 2.68. The van der Waals surface area contributed by atoms with E-state index in [1.807, 2.05) is 13.8 Å². The molecule has 6 nitrogen and oxygen atoms in total. The number of rotatable bonds is 3. The van der Waals surface area contributed by atoms with Gasteiger partial charge in [0.2, 0.25) is 11.8 Å². The minimum absolute atomic E-state index is 0.00517. The SMILES string of the molecule is CNC(=O)C1CC(O)CN1C(=O)[C@@H](N)C(C)C. The molecule has 4 N–H and O–H groups in total. The largest absolute Gasteiger partial charge is 0.391 e. The van der Waals surface area contributed by atoms with Crippen molar-refractivity contribution in [3.8, 4) is 0 Å². The highest BCUT2D eigenvalue weighted by Gasteiger charge is 2.40. The van der Waals surface area contributed by atoms with E-state index in [-0.39, 0.29) is 30.7 Å². The van der Waals surface area contributed by atoms with Gasteiger partial charge in [-0.25, -0.2) is 0 Å². The summed E-state index contributed by atoms with van der Waals surface area (Å²) in [6.07, 6.45) is -0.378. The lowest BCUT2D eigenvalue weighted by Gasteiger charge is -2.27. The Morgan fingerprint density at radius 1 is 1.47 bits per heavy atom. The molecular weight excluding hydrogens is 222 g/mol. The van der Waals surface area contributed by atoms with Gasteiger partial charge in [-0.2, -0.15) is 0 Å². The Morgan fingerprint density at radius 3 is 2.53 bits per heavy atom. The smallest absolute Gasteiger partial charge is 0.242 e. The van der Waals surface area contributed by atoms with Crippen LogP contribution in [0.2, 0.25) is 0 Å². The molecule has 0 saturated carbocycles. The van der Waals surface area contributed by atoms with Crippen LogP contribution in [0.25, 0.3) is 0 Å². The van der Waals surface area contributed by atoms with Gasteiger partial charge < -0.3 is 21.1 Å². The maximum absolute atomic E-state index is 12.1. The van der Waals surface area contributed by atoms with Crippen LogP contribution in [0.3, 0.4) is 0 Å². The number of likely N-dealkylation sites (N-methyl/N-ethyl adjacent to an activating group) is 1. The van der Waals surface area contributed by atoms with Crippen LogP contribution >= 0.6 is 0 Å². The number of β-amino-alcohol motifs (C(OH)–C–C–N with tert-alkyl or cyclic N) is 1. The summed E-state index contributed by atoms with van der Waals surface area (Å²) in [5, 5.41) is 12.1. The quantitative estimate of drug-likeness (QED) is 0.573. The van der Waals surface area contributed by atoms with Crippen LogP contribution in [-0.2, 0) is 9.59 Å². The first kappa shape index (κ1) is 13.9. The summed E-state index contributed by atoms with van der Waals surface area (Å²) in [5.41, 5.74) is 5.78. The van der Waals surface area contributed by atoms with Crippen molar-refractivity contribution in [2.75, 3.05) is 13.6 Å². The van der Waals surface area contributed by atoms with E-state index >= 15 is 0 Å². The monoisotopic (exact) mass is 243 g/mol. The third-order valence-electron chi connectivity index (χ3n) is 3.11. The summed E-state index contributed by atoms with van der Waals surface area (Å²) in [6, 6.07) is -1.24. The van der Waals surface area contributed by atoms with E-state index in [4.69, 9.17) is 5.73 Å². The zero-order valence-corrected chi connectivity index (χ0v) is 10.5. The van der Waals surface area contributed by atoms with Gasteiger partial charge in [0, 0.05) is 20.0 Å². The molecule has 1 fully saturated rings. The molecule has 1 heterocycles. The van der Waals surface area contributed by atoms with Gasteiger partial charge in [-0.15, -0.1) is 0 Å². The molecule has 98 valence electrons. The Labute approximate surface area is 101 Å². The molecule has 1 aliphatic rings. The van der Waals surface area contributed by atoms with Crippen LogP contribution < -0.4 is 11.1 Å². The molecule has 0 radical (unpaired) electrons. The minimum atomic E-state index is -0.652. The minimum Gasteiger partial charge on any atom is -0.391 e. The molecule has 6 heteroatoms. The molecule has 1 saturated heterocycles. The number of hydrogen-bond donors (Lipinski definition) is 3. The maximum atomic E-state index is 12.1. The number of aliphatic hydroxyl groups is 1. The number of nitrogens with two attached hydrogens (primary N) is 1. The van der Waals surface area contributed by atoms with E-state index in [1.165, 1.54) is 11.9 Å². The number of hydrogen-bond acceptors (Lipinski definition) is 4. The fraction of sp³-hybridized carbons (Fsp3) is 0.818. The van der Waals surface area contributed by atoms with Gasteiger partial charge in [0.05, 0.1) is 12.1 Å². The third-order valence-corrected chi connectivity index (χ3v) is 3.11. The molecule has 0 aromatic heterocycles.